The third-order valence-electron chi connectivity index (χ3n) is 3.02. The minimum absolute atomic E-state index is 0.0108. The maximum Gasteiger partial charge on any atom is 0.373 e. The summed E-state index contributed by atoms with van der Waals surface area (Å²) < 4.78 is 5.45. The Morgan fingerprint density at radius 3 is 2.30 bits per heavy atom. The summed E-state index contributed by atoms with van der Waals surface area (Å²) >= 11 is 0. The largest absolute Gasteiger partial charge is 0.475 e. The van der Waals surface area contributed by atoms with Crippen LogP contribution in [0.15, 0.2) is 4.42 Å². The average Bonchev–Trinajstić information content (AvgIpc) is 2.56. The average molecular weight is 281 g/mol. The topological polar surface area (TPSA) is 63.3 Å². The van der Waals surface area contributed by atoms with E-state index >= 15 is 0 Å². The van der Waals surface area contributed by atoms with Gasteiger partial charge in [-0.1, -0.05) is 41.5 Å². The van der Waals surface area contributed by atoms with Gasteiger partial charge in [0, 0.05) is 6.42 Å². The van der Waals surface area contributed by atoms with E-state index in [4.69, 9.17) is 4.42 Å². The Bertz CT molecular complexity index is 455. The van der Waals surface area contributed by atoms with Gasteiger partial charge in [-0.25, -0.2) is 9.78 Å². The summed E-state index contributed by atoms with van der Waals surface area (Å²) in [7, 11) is 0. The van der Waals surface area contributed by atoms with Crippen LogP contribution in [-0.2, 0) is 12.8 Å². The van der Waals surface area contributed by atoms with Gasteiger partial charge in [-0.2, -0.15) is 0 Å². The summed E-state index contributed by atoms with van der Waals surface area (Å²) in [6, 6.07) is 0. The summed E-state index contributed by atoms with van der Waals surface area (Å²) in [4.78, 5) is 15.6. The summed E-state index contributed by atoms with van der Waals surface area (Å²) in [5.74, 6) is 0.314. The molecule has 0 aromatic carbocycles. The van der Waals surface area contributed by atoms with Gasteiger partial charge in [0.05, 0.1) is 5.69 Å². The summed E-state index contributed by atoms with van der Waals surface area (Å²) in [6.45, 7) is 12.8. The highest BCUT2D eigenvalue weighted by molar-refractivity contribution is 5.85. The van der Waals surface area contributed by atoms with Crippen molar-refractivity contribution >= 4 is 5.97 Å². The molecule has 0 aliphatic heterocycles. The van der Waals surface area contributed by atoms with E-state index in [1.165, 1.54) is 0 Å². The number of carbonyl (C=O) groups is 1. The standard InChI is InChI=1S/C16H27NO3/c1-10(2)7-12-14(15(18)19)20-13(17-12)8-11(3)9-16(4,5)6/h10-11H,7-9H2,1-6H3,(H,18,19). The Labute approximate surface area is 121 Å². The van der Waals surface area contributed by atoms with Crippen molar-refractivity contribution in [1.82, 2.24) is 4.98 Å². The van der Waals surface area contributed by atoms with Crippen molar-refractivity contribution in [3.8, 4) is 0 Å². The molecule has 1 N–H and O–H groups in total. The van der Waals surface area contributed by atoms with Gasteiger partial charge in [-0.3, -0.25) is 0 Å². The van der Waals surface area contributed by atoms with Crippen molar-refractivity contribution in [2.75, 3.05) is 0 Å². The zero-order valence-electron chi connectivity index (χ0n) is 13.5. The zero-order valence-corrected chi connectivity index (χ0v) is 13.5. The molecule has 0 amide bonds. The normalized spacial score (nSPS) is 13.8. The second-order valence-electron chi connectivity index (χ2n) is 7.36. The van der Waals surface area contributed by atoms with Crippen LogP contribution in [-0.4, -0.2) is 16.1 Å². The Hall–Kier alpha value is -1.32. The second-order valence-corrected chi connectivity index (χ2v) is 7.36. The SMILES string of the molecule is CC(C)Cc1nc(CC(C)CC(C)(C)C)oc1C(=O)O. The van der Waals surface area contributed by atoms with Crippen molar-refractivity contribution in [2.45, 2.75) is 60.8 Å². The van der Waals surface area contributed by atoms with Crippen molar-refractivity contribution in [1.29, 1.82) is 0 Å². The van der Waals surface area contributed by atoms with Crippen molar-refractivity contribution in [3.63, 3.8) is 0 Å². The number of carboxylic acids is 1. The third kappa shape index (κ3) is 5.35. The lowest BCUT2D eigenvalue weighted by Crippen LogP contribution is -2.13. The van der Waals surface area contributed by atoms with Crippen molar-refractivity contribution < 1.29 is 14.3 Å². The summed E-state index contributed by atoms with van der Waals surface area (Å²) in [5, 5.41) is 9.18. The molecule has 1 heterocycles. The molecule has 114 valence electrons. The Morgan fingerprint density at radius 2 is 1.85 bits per heavy atom. The van der Waals surface area contributed by atoms with Crippen LogP contribution in [0.3, 0.4) is 0 Å². The molecule has 0 aliphatic rings. The van der Waals surface area contributed by atoms with Crippen LogP contribution in [0.2, 0.25) is 0 Å². The maximum atomic E-state index is 11.2. The van der Waals surface area contributed by atoms with E-state index in [0.29, 0.717) is 36.3 Å². The number of hydrogen-bond acceptors (Lipinski definition) is 3. The Kier molecular flexibility index (Phi) is 5.37. The van der Waals surface area contributed by atoms with Gasteiger partial charge in [0.2, 0.25) is 5.76 Å². The molecule has 0 spiro atoms. The van der Waals surface area contributed by atoms with E-state index in [1.807, 2.05) is 13.8 Å². The number of aromatic nitrogens is 1. The molecule has 1 rings (SSSR count). The van der Waals surface area contributed by atoms with Crippen LogP contribution in [0.5, 0.6) is 0 Å². The van der Waals surface area contributed by atoms with Crippen LogP contribution in [0.25, 0.3) is 0 Å². The van der Waals surface area contributed by atoms with E-state index in [-0.39, 0.29) is 11.2 Å². The minimum Gasteiger partial charge on any atom is -0.475 e. The second kappa shape index (κ2) is 6.42. The number of carboxylic acid groups (broad SMARTS) is 1. The minimum atomic E-state index is -1.03. The molecule has 1 unspecified atom stereocenters. The smallest absolute Gasteiger partial charge is 0.373 e. The first kappa shape index (κ1) is 16.7. The molecule has 20 heavy (non-hydrogen) atoms. The third-order valence-corrected chi connectivity index (χ3v) is 3.02. The molecule has 0 fully saturated rings. The number of aromatic carboxylic acids is 1. The van der Waals surface area contributed by atoms with Gasteiger partial charge >= 0.3 is 5.97 Å². The van der Waals surface area contributed by atoms with Crippen LogP contribution in [0, 0.1) is 17.3 Å². The van der Waals surface area contributed by atoms with Gasteiger partial charge in [-0.15, -0.1) is 0 Å². The van der Waals surface area contributed by atoms with Crippen LogP contribution < -0.4 is 0 Å². The number of hydrogen-bond donors (Lipinski definition) is 1. The lowest BCUT2D eigenvalue weighted by molar-refractivity contribution is 0.0657. The van der Waals surface area contributed by atoms with E-state index in [0.717, 1.165) is 6.42 Å². The quantitative estimate of drug-likeness (QED) is 0.849. The number of oxazole rings is 1. The lowest BCUT2D eigenvalue weighted by atomic mass is 9.84. The van der Waals surface area contributed by atoms with Gasteiger partial charge in [0.15, 0.2) is 5.89 Å². The summed E-state index contributed by atoms with van der Waals surface area (Å²) in [5.41, 5.74) is 0.827. The molecule has 0 bridgehead atoms. The van der Waals surface area contributed by atoms with Gasteiger partial charge < -0.3 is 9.52 Å². The molecule has 0 saturated heterocycles. The Balaban J connectivity index is 2.83. The highest BCUT2D eigenvalue weighted by Crippen LogP contribution is 2.27. The molecule has 0 aliphatic carbocycles. The first-order valence-electron chi connectivity index (χ1n) is 7.30. The molecule has 4 heteroatoms. The fourth-order valence-corrected chi connectivity index (χ4v) is 2.60. The Morgan fingerprint density at radius 1 is 1.25 bits per heavy atom. The highest BCUT2D eigenvalue weighted by Gasteiger charge is 2.22. The van der Waals surface area contributed by atoms with Gasteiger partial charge in [-0.05, 0) is 30.1 Å². The van der Waals surface area contributed by atoms with Crippen LogP contribution in [0.1, 0.15) is 70.1 Å². The summed E-state index contributed by atoms with van der Waals surface area (Å²) in [6.07, 6.45) is 2.38. The molecule has 0 radical (unpaired) electrons. The van der Waals surface area contributed by atoms with Crippen LogP contribution >= 0.6 is 0 Å². The first-order chi connectivity index (χ1) is 9.08. The monoisotopic (exact) mass is 281 g/mol. The van der Waals surface area contributed by atoms with E-state index in [2.05, 4.69) is 32.7 Å². The highest BCUT2D eigenvalue weighted by atomic mass is 16.4. The molecular formula is C16H27NO3. The molecule has 0 saturated carbocycles. The van der Waals surface area contributed by atoms with E-state index in [1.54, 1.807) is 0 Å². The molecule has 1 aromatic heterocycles. The molecule has 1 atom stereocenters. The van der Waals surface area contributed by atoms with Crippen molar-refractivity contribution in [3.05, 3.63) is 17.3 Å². The predicted molar refractivity (Wildman–Crippen MR) is 78.9 cm³/mol. The maximum absolute atomic E-state index is 11.2. The first-order valence-corrected chi connectivity index (χ1v) is 7.30. The van der Waals surface area contributed by atoms with Crippen LogP contribution in [0.4, 0.5) is 0 Å². The number of nitrogens with zero attached hydrogens (tertiary/aromatic N) is 1. The fourth-order valence-electron chi connectivity index (χ4n) is 2.60. The van der Waals surface area contributed by atoms with Gasteiger partial charge in [0.25, 0.3) is 0 Å². The molecule has 1 aromatic rings. The van der Waals surface area contributed by atoms with Gasteiger partial charge in [0.1, 0.15) is 0 Å². The van der Waals surface area contributed by atoms with E-state index in [9.17, 15) is 9.90 Å². The fraction of sp³-hybridized carbons (Fsp3) is 0.750. The predicted octanol–water partition coefficient (Wildman–Crippen LogP) is 4.19. The number of rotatable bonds is 6. The van der Waals surface area contributed by atoms with Crippen molar-refractivity contribution in [2.24, 2.45) is 17.3 Å². The van der Waals surface area contributed by atoms with E-state index < -0.39 is 5.97 Å². The zero-order chi connectivity index (χ0) is 15.5. The molecular weight excluding hydrogens is 254 g/mol. The lowest BCUT2D eigenvalue weighted by Gasteiger charge is -2.22. The molecule has 4 nitrogen and oxygen atoms in total.